The van der Waals surface area contributed by atoms with Crippen molar-refractivity contribution >= 4 is 23.0 Å². The van der Waals surface area contributed by atoms with Crippen molar-refractivity contribution in [1.82, 2.24) is 14.5 Å². The van der Waals surface area contributed by atoms with Gasteiger partial charge in [0.05, 0.1) is 52.8 Å². The van der Waals surface area contributed by atoms with Crippen molar-refractivity contribution < 1.29 is 14.3 Å². The highest BCUT2D eigenvalue weighted by Crippen LogP contribution is 2.47. The van der Waals surface area contributed by atoms with E-state index in [4.69, 9.17) is 15.7 Å². The molecule has 2 fully saturated rings. The number of amides is 2. The van der Waals surface area contributed by atoms with Crippen molar-refractivity contribution in [1.29, 1.82) is 10.5 Å². The SMILES string of the molecule is CO[C@@H]1CN(C(=O)C2(C#N)CC2)C[C@H]1Nc1c(C(N)=O)cnn2cc(-c3ccc(C#N)cc3)cc12. The number of hydrogen-bond donors (Lipinski definition) is 2. The molecule has 3 N–H and O–H groups in total. The van der Waals surface area contributed by atoms with Gasteiger partial charge in [0, 0.05) is 32.0 Å². The number of nitrogens with one attached hydrogen (secondary N) is 1. The summed E-state index contributed by atoms with van der Waals surface area (Å²) >= 11 is 0. The van der Waals surface area contributed by atoms with Crippen LogP contribution in [0.25, 0.3) is 16.6 Å². The van der Waals surface area contributed by atoms with E-state index in [0.717, 1.165) is 11.1 Å². The van der Waals surface area contributed by atoms with Gasteiger partial charge in [0.1, 0.15) is 5.41 Å². The number of carbonyl (C=O) groups is 2. The highest BCUT2D eigenvalue weighted by molar-refractivity contribution is 6.02. The molecular weight excluding hydrogens is 446 g/mol. The molecule has 10 nitrogen and oxygen atoms in total. The topological polar surface area (TPSA) is 150 Å². The first-order valence-corrected chi connectivity index (χ1v) is 11.2. The molecule has 3 heterocycles. The standard InChI is InChI=1S/C25H23N7O3/c1-35-21-13-31(24(34)25(14-27)6-7-25)12-19(21)30-22-18(23(28)33)10-29-32-11-17(8-20(22)32)16-4-2-15(9-26)3-5-16/h2-5,8,10-11,19,21,30H,6-7,12-13H2,1H3,(H2,28,33)/t19-,21-/m1/s1. The Labute approximate surface area is 201 Å². The number of nitrogens with zero attached hydrogens (tertiary/aromatic N) is 5. The second kappa shape index (κ2) is 8.42. The number of benzene rings is 1. The lowest BCUT2D eigenvalue weighted by Crippen LogP contribution is -2.37. The Morgan fingerprint density at radius 3 is 2.54 bits per heavy atom. The third-order valence-corrected chi connectivity index (χ3v) is 6.81. The molecule has 2 aromatic heterocycles. The van der Waals surface area contributed by atoms with E-state index in [2.05, 4.69) is 22.6 Å². The van der Waals surface area contributed by atoms with Gasteiger partial charge < -0.3 is 20.7 Å². The number of rotatable bonds is 6. The van der Waals surface area contributed by atoms with Crippen LogP contribution in [0.4, 0.5) is 5.69 Å². The molecule has 0 bridgehead atoms. The molecule has 5 rings (SSSR count). The van der Waals surface area contributed by atoms with Crippen molar-refractivity contribution in [3.63, 3.8) is 0 Å². The van der Waals surface area contributed by atoms with E-state index in [1.54, 1.807) is 28.7 Å². The van der Waals surface area contributed by atoms with Crippen LogP contribution in [0.15, 0.2) is 42.7 Å². The van der Waals surface area contributed by atoms with Crippen molar-refractivity contribution in [2.75, 3.05) is 25.5 Å². The normalized spacial score (nSPS) is 20.3. The lowest BCUT2D eigenvalue weighted by molar-refractivity contribution is -0.134. The van der Waals surface area contributed by atoms with Gasteiger partial charge in [-0.3, -0.25) is 9.59 Å². The van der Waals surface area contributed by atoms with E-state index in [1.165, 1.54) is 6.20 Å². The Bertz CT molecular complexity index is 1410. The van der Waals surface area contributed by atoms with E-state index >= 15 is 0 Å². The molecule has 0 unspecified atom stereocenters. The minimum Gasteiger partial charge on any atom is -0.377 e. The summed E-state index contributed by atoms with van der Waals surface area (Å²) in [5, 5.41) is 26.2. The maximum atomic E-state index is 12.9. The second-order valence-corrected chi connectivity index (χ2v) is 8.97. The van der Waals surface area contributed by atoms with Crippen molar-refractivity contribution in [2.24, 2.45) is 11.1 Å². The first kappa shape index (κ1) is 22.4. The number of anilines is 1. The van der Waals surface area contributed by atoms with Crippen LogP contribution >= 0.6 is 0 Å². The Hall–Kier alpha value is -4.41. The smallest absolute Gasteiger partial charge is 0.252 e. The van der Waals surface area contributed by atoms with E-state index in [-0.39, 0.29) is 23.6 Å². The largest absolute Gasteiger partial charge is 0.377 e. The van der Waals surface area contributed by atoms with Crippen LogP contribution in [0.3, 0.4) is 0 Å². The average molecular weight is 470 g/mol. The molecule has 176 valence electrons. The number of nitrogens with two attached hydrogens (primary N) is 1. The summed E-state index contributed by atoms with van der Waals surface area (Å²) in [6, 6.07) is 13.0. The Morgan fingerprint density at radius 1 is 1.20 bits per heavy atom. The zero-order valence-electron chi connectivity index (χ0n) is 19.1. The molecule has 2 aliphatic rings. The fourth-order valence-corrected chi connectivity index (χ4v) is 4.59. The number of carbonyl (C=O) groups excluding carboxylic acids is 2. The van der Waals surface area contributed by atoms with Gasteiger partial charge in [0.2, 0.25) is 5.91 Å². The molecule has 2 atom stereocenters. The monoisotopic (exact) mass is 469 g/mol. The summed E-state index contributed by atoms with van der Waals surface area (Å²) in [4.78, 5) is 26.8. The molecule has 10 heteroatoms. The van der Waals surface area contributed by atoms with Gasteiger partial charge in [0.15, 0.2) is 0 Å². The minimum absolute atomic E-state index is 0.174. The molecule has 1 aromatic carbocycles. The third kappa shape index (κ3) is 3.84. The maximum Gasteiger partial charge on any atom is 0.252 e. The van der Waals surface area contributed by atoms with Crippen LogP contribution in [-0.4, -0.2) is 58.7 Å². The number of aromatic nitrogens is 2. The summed E-state index contributed by atoms with van der Waals surface area (Å²) in [7, 11) is 1.57. The number of likely N-dealkylation sites (tertiary alicyclic amines) is 1. The summed E-state index contributed by atoms with van der Waals surface area (Å²) < 4.78 is 7.30. The highest BCUT2D eigenvalue weighted by atomic mass is 16.5. The predicted octanol–water partition coefficient (Wildman–Crippen LogP) is 1.91. The van der Waals surface area contributed by atoms with E-state index < -0.39 is 11.3 Å². The van der Waals surface area contributed by atoms with Gasteiger partial charge in [-0.2, -0.15) is 15.6 Å². The predicted molar refractivity (Wildman–Crippen MR) is 126 cm³/mol. The molecule has 3 aromatic rings. The zero-order valence-corrected chi connectivity index (χ0v) is 19.1. The van der Waals surface area contributed by atoms with E-state index in [9.17, 15) is 14.9 Å². The van der Waals surface area contributed by atoms with E-state index in [0.29, 0.717) is 42.7 Å². The molecule has 0 radical (unpaired) electrons. The number of primary amides is 1. The molecule has 1 saturated carbocycles. The van der Waals surface area contributed by atoms with Gasteiger partial charge in [-0.1, -0.05) is 12.1 Å². The van der Waals surface area contributed by atoms with E-state index in [1.807, 2.05) is 24.4 Å². The lowest BCUT2D eigenvalue weighted by Gasteiger charge is -2.21. The fourth-order valence-electron chi connectivity index (χ4n) is 4.59. The maximum absolute atomic E-state index is 12.9. The number of fused-ring (bicyclic) bond motifs is 1. The first-order valence-electron chi connectivity index (χ1n) is 11.2. The number of methoxy groups -OCH3 is 1. The van der Waals surface area contributed by atoms with Crippen LogP contribution < -0.4 is 11.1 Å². The molecule has 2 amide bonds. The summed E-state index contributed by atoms with van der Waals surface area (Å²) in [5.41, 5.74) is 8.40. The van der Waals surface area contributed by atoms with Crippen molar-refractivity contribution in [3.8, 4) is 23.3 Å². The van der Waals surface area contributed by atoms with Crippen LogP contribution in [0, 0.1) is 28.1 Å². The summed E-state index contributed by atoms with van der Waals surface area (Å²) in [6.45, 7) is 0.678. The Balaban J connectivity index is 1.49. The quantitative estimate of drug-likeness (QED) is 0.560. The summed E-state index contributed by atoms with van der Waals surface area (Å²) in [5.74, 6) is -0.808. The molecule has 35 heavy (non-hydrogen) atoms. The van der Waals surface area contributed by atoms with Gasteiger partial charge in [-0.05, 0) is 36.6 Å². The highest BCUT2D eigenvalue weighted by Gasteiger charge is 2.54. The van der Waals surface area contributed by atoms with Crippen LogP contribution in [-0.2, 0) is 9.53 Å². The van der Waals surface area contributed by atoms with Gasteiger partial charge in [0.25, 0.3) is 5.91 Å². The second-order valence-electron chi connectivity index (χ2n) is 8.97. The first-order chi connectivity index (χ1) is 16.9. The van der Waals surface area contributed by atoms with Gasteiger partial charge in [-0.25, -0.2) is 4.52 Å². The minimum atomic E-state index is -0.910. The van der Waals surface area contributed by atoms with Crippen molar-refractivity contribution in [2.45, 2.75) is 25.0 Å². The Morgan fingerprint density at radius 2 is 1.94 bits per heavy atom. The lowest BCUT2D eigenvalue weighted by atomic mass is 10.1. The molecular formula is C25H23N7O3. The molecule has 1 saturated heterocycles. The van der Waals surface area contributed by atoms with Gasteiger partial charge in [-0.15, -0.1) is 0 Å². The van der Waals surface area contributed by atoms with Gasteiger partial charge >= 0.3 is 0 Å². The fraction of sp³-hybridized carbons (Fsp3) is 0.320. The van der Waals surface area contributed by atoms with Crippen LogP contribution in [0.2, 0.25) is 0 Å². The Kier molecular flexibility index (Phi) is 5.39. The van der Waals surface area contributed by atoms with Crippen molar-refractivity contribution in [3.05, 3.63) is 53.9 Å². The number of nitriles is 2. The summed E-state index contributed by atoms with van der Waals surface area (Å²) in [6.07, 6.45) is 4.06. The average Bonchev–Trinajstić information content (AvgIpc) is 3.38. The third-order valence-electron chi connectivity index (χ3n) is 6.81. The molecule has 0 spiro atoms. The number of ether oxygens (including phenoxy) is 1. The molecule has 1 aliphatic carbocycles. The number of hydrogen-bond acceptors (Lipinski definition) is 7. The van der Waals surface area contributed by atoms with Crippen LogP contribution in [0.5, 0.6) is 0 Å². The zero-order chi connectivity index (χ0) is 24.7. The molecule has 1 aliphatic heterocycles. The van der Waals surface area contributed by atoms with Crippen LogP contribution in [0.1, 0.15) is 28.8 Å².